The summed E-state index contributed by atoms with van der Waals surface area (Å²) in [7, 11) is -2.69. The van der Waals surface area contributed by atoms with Gasteiger partial charge in [-0.3, -0.25) is 0 Å². The number of rotatable bonds is 7. The van der Waals surface area contributed by atoms with Crippen LogP contribution in [0.1, 0.15) is 40.5 Å². The third-order valence-electron chi connectivity index (χ3n) is 4.17. The maximum absolute atomic E-state index is 6.54. The maximum atomic E-state index is 6.54. The monoisotopic (exact) mass is 260 g/mol. The Morgan fingerprint density at radius 1 is 1.00 bits per heavy atom. The van der Waals surface area contributed by atoms with Crippen molar-refractivity contribution in [3.8, 4) is 0 Å². The van der Waals surface area contributed by atoms with Gasteiger partial charge in [0.15, 0.2) is 8.32 Å². The zero-order valence-corrected chi connectivity index (χ0v) is 14.7. The predicted octanol–water partition coefficient (Wildman–Crippen LogP) is 5.05. The fourth-order valence-electron chi connectivity index (χ4n) is 1.82. The molecule has 3 heteroatoms. The van der Waals surface area contributed by atoms with E-state index in [1.165, 1.54) is 24.9 Å². The Labute approximate surface area is 105 Å². The average Bonchev–Trinajstić information content (AvgIpc) is 2.13. The van der Waals surface area contributed by atoms with Crippen LogP contribution in [0.3, 0.4) is 0 Å². The number of hydrogen-bond acceptors (Lipinski definition) is 1. The number of hydrogen-bond donors (Lipinski definition) is 0. The molecule has 0 fully saturated rings. The molecule has 0 aromatic heterocycles. The van der Waals surface area contributed by atoms with Crippen molar-refractivity contribution in [1.82, 2.24) is 0 Å². The van der Waals surface area contributed by atoms with Crippen molar-refractivity contribution >= 4 is 16.4 Å². The fraction of sp³-hybridized carbons (Fsp3) is 1.00. The van der Waals surface area contributed by atoms with E-state index >= 15 is 0 Å². The minimum absolute atomic E-state index is 0.133. The third-order valence-corrected chi connectivity index (χ3v) is 12.1. The fourth-order valence-corrected chi connectivity index (χ4v) is 7.12. The zero-order chi connectivity index (χ0) is 13.0. The van der Waals surface area contributed by atoms with Crippen LogP contribution in [-0.2, 0) is 4.43 Å². The van der Waals surface area contributed by atoms with Crippen LogP contribution < -0.4 is 0 Å². The van der Waals surface area contributed by atoms with E-state index in [1.807, 2.05) is 0 Å². The smallest absolute Gasteiger partial charge is 0.186 e. The maximum Gasteiger partial charge on any atom is 0.186 e. The normalized spacial score (nSPS) is 14.2. The highest BCUT2D eigenvalue weighted by Crippen LogP contribution is 2.33. The minimum atomic E-state index is -1.43. The van der Waals surface area contributed by atoms with Crippen LogP contribution in [0.5, 0.6) is 0 Å². The summed E-state index contributed by atoms with van der Waals surface area (Å²) in [5.74, 6) is 0. The Morgan fingerprint density at radius 3 is 1.88 bits per heavy atom. The Balaban J connectivity index is 4.62. The summed E-state index contributed by atoms with van der Waals surface area (Å²) < 4.78 is 6.54. The molecule has 1 nitrogen and oxygen atoms in total. The second kappa shape index (κ2) is 5.83. The standard InChI is InChI=1S/C13H32OSi2/c1-9-11-12-15(5,6)13(3,4)14-16(7,8)10-2/h9-12H2,1-8H3. The Bertz CT molecular complexity index is 210. The van der Waals surface area contributed by atoms with Crippen molar-refractivity contribution in [2.45, 2.75) is 84.0 Å². The van der Waals surface area contributed by atoms with Gasteiger partial charge in [0.2, 0.25) is 0 Å². The van der Waals surface area contributed by atoms with E-state index in [4.69, 9.17) is 4.43 Å². The molecule has 0 aromatic rings. The molecule has 16 heavy (non-hydrogen) atoms. The van der Waals surface area contributed by atoms with E-state index < -0.39 is 16.4 Å². The summed E-state index contributed by atoms with van der Waals surface area (Å²) >= 11 is 0. The van der Waals surface area contributed by atoms with Crippen molar-refractivity contribution in [2.75, 3.05) is 0 Å². The van der Waals surface area contributed by atoms with Gasteiger partial charge in [-0.15, -0.1) is 0 Å². The molecule has 0 spiro atoms. The first-order valence-electron chi connectivity index (χ1n) is 6.78. The zero-order valence-electron chi connectivity index (χ0n) is 12.7. The van der Waals surface area contributed by atoms with Crippen LogP contribution in [-0.4, -0.2) is 21.6 Å². The molecule has 0 aromatic carbocycles. The van der Waals surface area contributed by atoms with E-state index in [2.05, 4.69) is 53.9 Å². The molecule has 0 atom stereocenters. The number of unbranched alkanes of at least 4 members (excludes halogenated alkanes) is 1. The predicted molar refractivity (Wildman–Crippen MR) is 80.3 cm³/mol. The van der Waals surface area contributed by atoms with Crippen molar-refractivity contribution in [3.05, 3.63) is 0 Å². The summed E-state index contributed by atoms with van der Waals surface area (Å²) in [5.41, 5.74) is 0. The lowest BCUT2D eigenvalue weighted by Crippen LogP contribution is -2.56. The summed E-state index contributed by atoms with van der Waals surface area (Å²) in [5, 5.41) is 0.133. The van der Waals surface area contributed by atoms with Crippen LogP contribution in [0.25, 0.3) is 0 Å². The Morgan fingerprint density at radius 2 is 1.50 bits per heavy atom. The van der Waals surface area contributed by atoms with Gasteiger partial charge in [0.25, 0.3) is 0 Å². The quantitative estimate of drug-likeness (QED) is 0.582. The van der Waals surface area contributed by atoms with Gasteiger partial charge in [0, 0.05) is 5.22 Å². The Kier molecular flexibility index (Phi) is 5.97. The third kappa shape index (κ3) is 4.72. The molecule has 0 unspecified atom stereocenters. The molecule has 0 saturated carbocycles. The van der Waals surface area contributed by atoms with E-state index in [0.717, 1.165) is 0 Å². The van der Waals surface area contributed by atoms with Crippen molar-refractivity contribution in [2.24, 2.45) is 0 Å². The first-order valence-corrected chi connectivity index (χ1v) is 13.1. The van der Waals surface area contributed by atoms with Gasteiger partial charge in [0.05, 0.1) is 8.07 Å². The van der Waals surface area contributed by atoms with Crippen molar-refractivity contribution in [3.63, 3.8) is 0 Å². The van der Waals surface area contributed by atoms with Crippen LogP contribution in [0.4, 0.5) is 0 Å². The summed E-state index contributed by atoms with van der Waals surface area (Å²) in [6, 6.07) is 2.61. The van der Waals surface area contributed by atoms with Gasteiger partial charge >= 0.3 is 0 Å². The van der Waals surface area contributed by atoms with E-state index in [-0.39, 0.29) is 5.22 Å². The molecule has 0 heterocycles. The minimum Gasteiger partial charge on any atom is -0.415 e. The molecule has 0 bridgehead atoms. The lowest BCUT2D eigenvalue weighted by molar-refractivity contribution is 0.173. The highest BCUT2D eigenvalue weighted by molar-refractivity contribution is 6.81. The molecule has 0 aliphatic carbocycles. The van der Waals surface area contributed by atoms with Crippen molar-refractivity contribution < 1.29 is 4.43 Å². The van der Waals surface area contributed by atoms with Gasteiger partial charge in [-0.05, 0) is 33.0 Å². The van der Waals surface area contributed by atoms with Gasteiger partial charge in [0.1, 0.15) is 0 Å². The molecule has 0 radical (unpaired) electrons. The SMILES string of the molecule is CCCC[Si](C)(C)C(C)(C)O[Si](C)(C)CC. The van der Waals surface area contributed by atoms with E-state index in [9.17, 15) is 0 Å². The summed E-state index contributed by atoms with van der Waals surface area (Å²) in [6.07, 6.45) is 2.67. The second-order valence-electron chi connectivity index (χ2n) is 6.71. The molecule has 0 N–H and O–H groups in total. The lowest BCUT2D eigenvalue weighted by atomic mass is 10.4. The summed E-state index contributed by atoms with van der Waals surface area (Å²) in [4.78, 5) is 0. The van der Waals surface area contributed by atoms with Crippen LogP contribution in [0.2, 0.25) is 38.3 Å². The van der Waals surface area contributed by atoms with Gasteiger partial charge in [-0.2, -0.15) is 0 Å². The molecule has 0 aliphatic heterocycles. The molecular formula is C13H32OSi2. The molecule has 0 amide bonds. The highest BCUT2D eigenvalue weighted by atomic mass is 28.4. The van der Waals surface area contributed by atoms with Crippen LogP contribution >= 0.6 is 0 Å². The second-order valence-corrected chi connectivity index (χ2v) is 16.6. The molecule has 98 valence electrons. The average molecular weight is 261 g/mol. The van der Waals surface area contributed by atoms with Crippen molar-refractivity contribution in [1.29, 1.82) is 0 Å². The summed E-state index contributed by atoms with van der Waals surface area (Å²) in [6.45, 7) is 18.9. The first-order chi connectivity index (χ1) is 7.08. The van der Waals surface area contributed by atoms with Crippen LogP contribution in [0, 0.1) is 0 Å². The largest absolute Gasteiger partial charge is 0.415 e. The van der Waals surface area contributed by atoms with Gasteiger partial charge in [-0.1, -0.05) is 45.8 Å². The Hall–Kier alpha value is 0.394. The van der Waals surface area contributed by atoms with E-state index in [1.54, 1.807) is 0 Å². The van der Waals surface area contributed by atoms with E-state index in [0.29, 0.717) is 0 Å². The lowest BCUT2D eigenvalue weighted by Gasteiger charge is -2.45. The molecule has 0 aliphatic rings. The molecular weight excluding hydrogens is 228 g/mol. The highest BCUT2D eigenvalue weighted by Gasteiger charge is 2.42. The van der Waals surface area contributed by atoms with Gasteiger partial charge < -0.3 is 4.43 Å². The van der Waals surface area contributed by atoms with Crippen LogP contribution in [0.15, 0.2) is 0 Å². The molecule has 0 saturated heterocycles. The molecule has 0 rings (SSSR count). The topological polar surface area (TPSA) is 9.23 Å². The first kappa shape index (κ1) is 16.4. The van der Waals surface area contributed by atoms with Gasteiger partial charge in [-0.25, -0.2) is 0 Å².